The largest absolute Gasteiger partial charge is 0.357 e. The minimum atomic E-state index is 0.658. The number of hydrogen-bond donors (Lipinski definition) is 2. The number of nitrogens with one attached hydrogen (secondary N) is 2. The van der Waals surface area contributed by atoms with Crippen LogP contribution in [-0.4, -0.2) is 22.3 Å². The summed E-state index contributed by atoms with van der Waals surface area (Å²) < 4.78 is 1.94. The zero-order chi connectivity index (χ0) is 18.0. The zero-order valence-corrected chi connectivity index (χ0v) is 15.1. The lowest BCUT2D eigenvalue weighted by atomic mass is 10.1. The molecule has 0 saturated heterocycles. The summed E-state index contributed by atoms with van der Waals surface area (Å²) in [4.78, 5) is 4.68. The van der Waals surface area contributed by atoms with Crippen molar-refractivity contribution in [3.05, 3.63) is 89.7 Å². The highest BCUT2D eigenvalue weighted by Crippen LogP contribution is 2.10. The van der Waals surface area contributed by atoms with Crippen molar-refractivity contribution in [1.29, 1.82) is 0 Å². The quantitative estimate of drug-likeness (QED) is 0.510. The van der Waals surface area contributed by atoms with Gasteiger partial charge in [0.25, 0.3) is 0 Å². The maximum atomic E-state index is 4.68. The summed E-state index contributed by atoms with van der Waals surface area (Å²) in [6, 6.07) is 20.6. The summed E-state index contributed by atoms with van der Waals surface area (Å²) in [7, 11) is 0. The normalized spacial score (nSPS) is 11.3. The van der Waals surface area contributed by atoms with Crippen molar-refractivity contribution in [2.75, 3.05) is 6.54 Å². The third-order valence-electron chi connectivity index (χ3n) is 4.06. The molecule has 0 fully saturated rings. The number of benzene rings is 2. The molecule has 5 heteroatoms. The SMILES string of the molecule is CCNC(=NCc1ccccc1)NCc1ccccc1Cn1cccn1. The fourth-order valence-corrected chi connectivity index (χ4v) is 2.73. The number of aliphatic imine (C=N–C) groups is 1. The van der Waals surface area contributed by atoms with Crippen LogP contribution in [0.3, 0.4) is 0 Å². The first kappa shape index (κ1) is 17.7. The van der Waals surface area contributed by atoms with Crippen LogP contribution in [0.2, 0.25) is 0 Å². The van der Waals surface area contributed by atoms with Crippen LogP contribution in [-0.2, 0) is 19.6 Å². The molecule has 0 aliphatic carbocycles. The molecule has 26 heavy (non-hydrogen) atoms. The molecule has 0 aliphatic heterocycles. The summed E-state index contributed by atoms with van der Waals surface area (Å²) in [6.07, 6.45) is 3.79. The van der Waals surface area contributed by atoms with Crippen molar-refractivity contribution in [2.45, 2.75) is 26.6 Å². The molecular formula is C21H25N5. The highest BCUT2D eigenvalue weighted by Gasteiger charge is 2.04. The van der Waals surface area contributed by atoms with Gasteiger partial charge in [-0.25, -0.2) is 4.99 Å². The van der Waals surface area contributed by atoms with Gasteiger partial charge < -0.3 is 10.6 Å². The van der Waals surface area contributed by atoms with E-state index in [2.05, 4.69) is 64.0 Å². The summed E-state index contributed by atoms with van der Waals surface area (Å²) in [6.45, 7) is 5.05. The molecule has 1 aromatic heterocycles. The van der Waals surface area contributed by atoms with E-state index in [1.165, 1.54) is 16.7 Å². The molecule has 0 spiro atoms. The molecule has 0 radical (unpaired) electrons. The van der Waals surface area contributed by atoms with Crippen LogP contribution >= 0.6 is 0 Å². The maximum Gasteiger partial charge on any atom is 0.191 e. The van der Waals surface area contributed by atoms with E-state index in [4.69, 9.17) is 0 Å². The number of nitrogens with zero attached hydrogens (tertiary/aromatic N) is 3. The highest BCUT2D eigenvalue weighted by atomic mass is 15.3. The lowest BCUT2D eigenvalue weighted by molar-refractivity contribution is 0.677. The van der Waals surface area contributed by atoms with Crippen LogP contribution in [0.5, 0.6) is 0 Å². The number of rotatable bonds is 7. The molecular weight excluding hydrogens is 322 g/mol. The van der Waals surface area contributed by atoms with Gasteiger partial charge in [-0.1, -0.05) is 54.6 Å². The van der Waals surface area contributed by atoms with Gasteiger partial charge in [-0.2, -0.15) is 5.10 Å². The molecule has 2 N–H and O–H groups in total. The van der Waals surface area contributed by atoms with E-state index in [0.29, 0.717) is 6.54 Å². The Morgan fingerprint density at radius 3 is 2.46 bits per heavy atom. The van der Waals surface area contributed by atoms with Crippen molar-refractivity contribution >= 4 is 5.96 Å². The molecule has 0 aliphatic rings. The zero-order valence-electron chi connectivity index (χ0n) is 15.1. The van der Waals surface area contributed by atoms with Crippen LogP contribution in [0.4, 0.5) is 0 Å². The topological polar surface area (TPSA) is 54.2 Å². The fraction of sp³-hybridized carbons (Fsp3) is 0.238. The van der Waals surface area contributed by atoms with E-state index in [1.54, 1.807) is 6.20 Å². The van der Waals surface area contributed by atoms with Gasteiger partial charge in [0.2, 0.25) is 0 Å². The van der Waals surface area contributed by atoms with E-state index in [0.717, 1.165) is 25.6 Å². The van der Waals surface area contributed by atoms with E-state index < -0.39 is 0 Å². The number of aromatic nitrogens is 2. The van der Waals surface area contributed by atoms with Gasteiger partial charge in [0.15, 0.2) is 5.96 Å². The second kappa shape index (κ2) is 9.42. The van der Waals surface area contributed by atoms with Crippen LogP contribution in [0, 0.1) is 0 Å². The van der Waals surface area contributed by atoms with E-state index in [1.807, 2.05) is 35.1 Å². The molecule has 0 saturated carbocycles. The summed E-state index contributed by atoms with van der Waals surface area (Å²) in [5.74, 6) is 0.824. The van der Waals surface area contributed by atoms with Crippen LogP contribution in [0.1, 0.15) is 23.6 Å². The molecule has 1 heterocycles. The van der Waals surface area contributed by atoms with Crippen LogP contribution in [0.25, 0.3) is 0 Å². The standard InChI is InChI=1S/C21H25N5/c1-2-22-21(23-15-18-9-4-3-5-10-18)24-16-19-11-6-7-12-20(19)17-26-14-8-13-25-26/h3-14H,2,15-17H2,1H3,(H2,22,23,24). The van der Waals surface area contributed by atoms with E-state index in [9.17, 15) is 0 Å². The first-order chi connectivity index (χ1) is 12.8. The van der Waals surface area contributed by atoms with Crippen LogP contribution < -0.4 is 10.6 Å². The molecule has 134 valence electrons. The smallest absolute Gasteiger partial charge is 0.191 e. The Hall–Kier alpha value is -3.08. The van der Waals surface area contributed by atoms with Crippen molar-refractivity contribution in [3.8, 4) is 0 Å². The van der Waals surface area contributed by atoms with Gasteiger partial charge in [-0.3, -0.25) is 4.68 Å². The van der Waals surface area contributed by atoms with E-state index in [-0.39, 0.29) is 0 Å². The van der Waals surface area contributed by atoms with Gasteiger partial charge in [0.1, 0.15) is 0 Å². The van der Waals surface area contributed by atoms with Gasteiger partial charge >= 0.3 is 0 Å². The maximum absolute atomic E-state index is 4.68. The molecule has 0 amide bonds. The van der Waals surface area contributed by atoms with Gasteiger partial charge in [0, 0.05) is 25.5 Å². The summed E-state index contributed by atoms with van der Waals surface area (Å²) in [5.41, 5.74) is 3.69. The Morgan fingerprint density at radius 2 is 1.73 bits per heavy atom. The third-order valence-corrected chi connectivity index (χ3v) is 4.06. The molecule has 3 rings (SSSR count). The monoisotopic (exact) mass is 347 g/mol. The van der Waals surface area contributed by atoms with Crippen molar-refractivity contribution in [3.63, 3.8) is 0 Å². The Bertz CT molecular complexity index is 809. The number of hydrogen-bond acceptors (Lipinski definition) is 2. The third kappa shape index (κ3) is 5.21. The minimum absolute atomic E-state index is 0.658. The Kier molecular flexibility index (Phi) is 6.42. The van der Waals surface area contributed by atoms with Crippen molar-refractivity contribution < 1.29 is 0 Å². The molecule has 0 bridgehead atoms. The average molecular weight is 347 g/mol. The Labute approximate surface area is 154 Å². The Morgan fingerprint density at radius 1 is 0.962 bits per heavy atom. The molecule has 3 aromatic rings. The molecule has 0 atom stereocenters. The fourth-order valence-electron chi connectivity index (χ4n) is 2.73. The molecule has 5 nitrogen and oxygen atoms in total. The lowest BCUT2D eigenvalue weighted by Gasteiger charge is -2.14. The Balaban J connectivity index is 1.65. The predicted octanol–water partition coefficient (Wildman–Crippen LogP) is 3.19. The second-order valence-electron chi connectivity index (χ2n) is 6.01. The summed E-state index contributed by atoms with van der Waals surface area (Å²) in [5, 5.41) is 11.0. The average Bonchev–Trinajstić information content (AvgIpc) is 3.19. The lowest BCUT2D eigenvalue weighted by Crippen LogP contribution is -2.37. The van der Waals surface area contributed by atoms with Crippen LogP contribution in [0.15, 0.2) is 78.0 Å². The van der Waals surface area contributed by atoms with Crippen molar-refractivity contribution in [1.82, 2.24) is 20.4 Å². The first-order valence-electron chi connectivity index (χ1n) is 8.95. The predicted molar refractivity (Wildman–Crippen MR) is 106 cm³/mol. The summed E-state index contributed by atoms with van der Waals surface area (Å²) >= 11 is 0. The van der Waals surface area contributed by atoms with Gasteiger partial charge in [-0.15, -0.1) is 0 Å². The second-order valence-corrected chi connectivity index (χ2v) is 6.01. The highest BCUT2D eigenvalue weighted by molar-refractivity contribution is 5.79. The first-order valence-corrected chi connectivity index (χ1v) is 8.95. The van der Waals surface area contributed by atoms with E-state index >= 15 is 0 Å². The number of guanidine groups is 1. The van der Waals surface area contributed by atoms with Gasteiger partial charge in [-0.05, 0) is 29.7 Å². The van der Waals surface area contributed by atoms with Gasteiger partial charge in [0.05, 0.1) is 13.1 Å². The minimum Gasteiger partial charge on any atom is -0.357 e. The molecule has 2 aromatic carbocycles. The molecule has 0 unspecified atom stereocenters. The van der Waals surface area contributed by atoms with Crippen molar-refractivity contribution in [2.24, 2.45) is 4.99 Å².